The second-order valence-corrected chi connectivity index (χ2v) is 18.4. The Morgan fingerprint density at radius 2 is 1.74 bits per heavy atom. The first-order valence-corrected chi connectivity index (χ1v) is 22.5. The highest BCUT2D eigenvalue weighted by Gasteiger charge is 2.54. The van der Waals surface area contributed by atoms with E-state index < -0.39 is 23.5 Å². The summed E-state index contributed by atoms with van der Waals surface area (Å²) in [5.74, 6) is 0.351. The van der Waals surface area contributed by atoms with Gasteiger partial charge in [-0.05, 0) is 160 Å². The summed E-state index contributed by atoms with van der Waals surface area (Å²) in [6.07, 6.45) is 10.3. The number of hydrogen-bond donors (Lipinski definition) is 4. The number of halogens is 1. The van der Waals surface area contributed by atoms with Gasteiger partial charge in [0.1, 0.15) is 23.1 Å². The quantitative estimate of drug-likeness (QED) is 0.0768. The number of benzene rings is 3. The number of carbonyl (C=O) groups excluding carboxylic acids is 1. The third-order valence-corrected chi connectivity index (χ3v) is 13.8. The third-order valence-electron chi connectivity index (χ3n) is 13.6. The Morgan fingerprint density at radius 3 is 2.48 bits per heavy atom. The van der Waals surface area contributed by atoms with E-state index >= 15 is 0 Å². The van der Waals surface area contributed by atoms with Crippen molar-refractivity contribution in [3.05, 3.63) is 118 Å². The summed E-state index contributed by atoms with van der Waals surface area (Å²) < 4.78 is 13.1. The molecule has 1 fully saturated rings. The molecule has 0 radical (unpaired) electrons. The number of carboxylic acids is 2. The van der Waals surface area contributed by atoms with E-state index in [1.165, 1.54) is 16.7 Å². The molecule has 4 N–H and O–H groups in total. The number of aryl methyl sites for hydroxylation is 2. The molecule has 3 aliphatic carbocycles. The van der Waals surface area contributed by atoms with Crippen LogP contribution in [-0.2, 0) is 39.1 Å². The third kappa shape index (κ3) is 10.3. The van der Waals surface area contributed by atoms with Gasteiger partial charge in [-0.2, -0.15) is 0 Å². The Bertz CT molecular complexity index is 2170. The van der Waals surface area contributed by atoms with Crippen molar-refractivity contribution in [1.82, 2.24) is 10.3 Å². The van der Waals surface area contributed by atoms with Crippen molar-refractivity contribution >= 4 is 35.1 Å². The SMILES string of the molecule is CC(CCC(=O)N[C@H](CCc1ccccc1)C(=O)O)Oc1ccc2c(c1)C1(CCC(Nc3cccc(Cl)c3)(C(=O)O)CC1)C(C[C@@H](C)COc1ccnc3c1[C@H](C)CCC3)C2. The molecule has 1 spiro atoms. The molecule has 1 saturated carbocycles. The fourth-order valence-electron chi connectivity index (χ4n) is 10.3. The summed E-state index contributed by atoms with van der Waals surface area (Å²) in [6, 6.07) is 24.2. The number of nitrogens with one attached hydrogen (secondary N) is 2. The van der Waals surface area contributed by atoms with Gasteiger partial charge in [0.2, 0.25) is 5.91 Å². The highest BCUT2D eigenvalue weighted by atomic mass is 35.5. The first-order valence-electron chi connectivity index (χ1n) is 22.1. The molecule has 1 amide bonds. The Labute approximate surface area is 364 Å². The van der Waals surface area contributed by atoms with Crippen LogP contribution < -0.4 is 20.1 Å². The molecule has 5 atom stereocenters. The predicted octanol–water partition coefficient (Wildman–Crippen LogP) is 9.95. The van der Waals surface area contributed by atoms with Gasteiger partial charge >= 0.3 is 11.9 Å². The Hall–Kier alpha value is -5.09. The molecule has 0 saturated heterocycles. The van der Waals surface area contributed by atoms with Crippen molar-refractivity contribution < 1.29 is 34.1 Å². The molecular formula is C50H60ClN3O7. The number of aromatic nitrogens is 1. The minimum Gasteiger partial charge on any atom is -0.493 e. The zero-order valence-corrected chi connectivity index (χ0v) is 36.4. The van der Waals surface area contributed by atoms with Crippen LogP contribution in [0, 0.1) is 11.8 Å². The predicted molar refractivity (Wildman–Crippen MR) is 238 cm³/mol. The lowest BCUT2D eigenvalue weighted by atomic mass is 9.59. The number of amides is 1. The number of carboxylic acid groups (broad SMARTS) is 2. The molecule has 10 nitrogen and oxygen atoms in total. The molecule has 61 heavy (non-hydrogen) atoms. The number of rotatable bonds is 18. The number of nitrogens with zero attached hydrogens (tertiary/aromatic N) is 1. The first-order chi connectivity index (χ1) is 29.3. The van der Waals surface area contributed by atoms with Crippen molar-refractivity contribution in [2.24, 2.45) is 11.8 Å². The number of anilines is 1. The molecule has 324 valence electrons. The van der Waals surface area contributed by atoms with Crippen LogP contribution in [0.3, 0.4) is 0 Å². The summed E-state index contributed by atoms with van der Waals surface area (Å²) in [5.41, 5.74) is 5.19. The van der Waals surface area contributed by atoms with Crippen molar-refractivity contribution in [2.45, 2.75) is 133 Å². The average Bonchev–Trinajstić information content (AvgIpc) is 3.52. The standard InChI is InChI=1S/C50H60ClN3O7/c1-32(31-60-44-21-26-52-42-14-7-9-33(2)46(42)44)27-37-28-36-17-18-40(61-34(3)15-20-45(55)53-43(47(56)57)19-16-35-10-5-4-6-11-35)30-41(36)49(37)22-24-50(25-23-49,48(58)59)54-39-13-8-12-38(51)29-39/h4-6,8,10-13,17-18,21,26,29-30,32-34,37,43,54H,7,9,14-16,19-20,22-25,27-28,31H2,1-3H3,(H,53,55)(H,56,57)(H,58,59)/t32-,33-,34?,37?,43-,49?,50?/m1/s1. The lowest BCUT2D eigenvalue weighted by molar-refractivity contribution is -0.144. The second-order valence-electron chi connectivity index (χ2n) is 18.0. The molecule has 7 rings (SSSR count). The van der Waals surface area contributed by atoms with Gasteiger partial charge in [-0.3, -0.25) is 9.78 Å². The normalized spacial score (nSPS) is 23.2. The van der Waals surface area contributed by atoms with Gasteiger partial charge in [-0.25, -0.2) is 9.59 Å². The van der Waals surface area contributed by atoms with Gasteiger partial charge in [0.15, 0.2) is 0 Å². The maximum atomic E-state index is 13.1. The smallest absolute Gasteiger partial charge is 0.329 e. The Morgan fingerprint density at radius 1 is 0.951 bits per heavy atom. The van der Waals surface area contributed by atoms with Gasteiger partial charge in [0, 0.05) is 34.6 Å². The number of hydrogen-bond acceptors (Lipinski definition) is 7. The number of aliphatic carboxylic acids is 2. The van der Waals surface area contributed by atoms with Gasteiger partial charge < -0.3 is 30.3 Å². The number of fused-ring (bicyclic) bond motifs is 3. The van der Waals surface area contributed by atoms with Crippen LogP contribution in [-0.4, -0.2) is 57.3 Å². The van der Waals surface area contributed by atoms with Crippen LogP contribution in [0.15, 0.2) is 85.1 Å². The molecular weight excluding hydrogens is 790 g/mol. The number of pyridine rings is 1. The summed E-state index contributed by atoms with van der Waals surface area (Å²) in [6.45, 7) is 7.03. The van der Waals surface area contributed by atoms with E-state index in [2.05, 4.69) is 41.6 Å². The minimum atomic E-state index is -1.14. The van der Waals surface area contributed by atoms with E-state index in [1.54, 1.807) is 12.1 Å². The summed E-state index contributed by atoms with van der Waals surface area (Å²) in [4.78, 5) is 42.7. The maximum Gasteiger partial charge on any atom is 0.329 e. The molecule has 0 aliphatic heterocycles. The van der Waals surface area contributed by atoms with E-state index in [0.29, 0.717) is 73.9 Å². The van der Waals surface area contributed by atoms with Crippen molar-refractivity contribution in [1.29, 1.82) is 0 Å². The average molecular weight is 850 g/mol. The van der Waals surface area contributed by atoms with E-state index in [1.807, 2.05) is 67.7 Å². The highest BCUT2D eigenvalue weighted by Crippen LogP contribution is 2.57. The van der Waals surface area contributed by atoms with Crippen LogP contribution in [0.4, 0.5) is 5.69 Å². The molecule has 4 aromatic rings. The van der Waals surface area contributed by atoms with Crippen molar-refractivity contribution in [3.8, 4) is 11.5 Å². The topological polar surface area (TPSA) is 147 Å². The molecule has 11 heteroatoms. The summed E-state index contributed by atoms with van der Waals surface area (Å²) in [7, 11) is 0. The largest absolute Gasteiger partial charge is 0.493 e. The fourth-order valence-corrected chi connectivity index (χ4v) is 10.4. The van der Waals surface area contributed by atoms with Crippen LogP contribution >= 0.6 is 11.6 Å². The number of carbonyl (C=O) groups is 3. The van der Waals surface area contributed by atoms with E-state index in [0.717, 1.165) is 49.1 Å². The molecule has 1 aromatic heterocycles. The molecule has 3 aliphatic rings. The fraction of sp³-hybridized carbons (Fsp3) is 0.480. The van der Waals surface area contributed by atoms with Crippen molar-refractivity contribution in [2.75, 3.05) is 11.9 Å². The Balaban J connectivity index is 1.04. The molecule has 0 bridgehead atoms. The zero-order chi connectivity index (χ0) is 43.1. The molecule has 1 heterocycles. The van der Waals surface area contributed by atoms with Gasteiger partial charge in [0.25, 0.3) is 0 Å². The van der Waals surface area contributed by atoms with Crippen LogP contribution in [0.25, 0.3) is 0 Å². The Kier molecular flexibility index (Phi) is 13.9. The lowest BCUT2D eigenvalue weighted by Gasteiger charge is -2.47. The van der Waals surface area contributed by atoms with E-state index in [-0.39, 0.29) is 35.7 Å². The lowest BCUT2D eigenvalue weighted by Crippen LogP contribution is -2.53. The van der Waals surface area contributed by atoms with Gasteiger partial charge in [-0.15, -0.1) is 0 Å². The molecule has 2 unspecified atom stereocenters. The van der Waals surface area contributed by atoms with E-state index in [9.17, 15) is 24.6 Å². The zero-order valence-electron chi connectivity index (χ0n) is 35.6. The van der Waals surface area contributed by atoms with Crippen LogP contribution in [0.2, 0.25) is 5.02 Å². The minimum absolute atomic E-state index is 0.130. The summed E-state index contributed by atoms with van der Waals surface area (Å²) in [5, 5.41) is 27.2. The highest BCUT2D eigenvalue weighted by molar-refractivity contribution is 6.30. The van der Waals surface area contributed by atoms with Crippen molar-refractivity contribution in [3.63, 3.8) is 0 Å². The van der Waals surface area contributed by atoms with Crippen LogP contribution in [0.1, 0.15) is 119 Å². The summed E-state index contributed by atoms with van der Waals surface area (Å²) >= 11 is 6.31. The van der Waals surface area contributed by atoms with E-state index in [4.69, 9.17) is 21.1 Å². The number of ether oxygens (including phenoxy) is 2. The van der Waals surface area contributed by atoms with Crippen LogP contribution in [0.5, 0.6) is 11.5 Å². The van der Waals surface area contributed by atoms with Gasteiger partial charge in [0.05, 0.1) is 12.7 Å². The van der Waals surface area contributed by atoms with Gasteiger partial charge in [-0.1, -0.05) is 67.9 Å². The molecule has 3 aromatic carbocycles. The first kappa shape index (κ1) is 44.0. The second kappa shape index (κ2) is 19.3. The maximum absolute atomic E-state index is 13.1. The monoisotopic (exact) mass is 849 g/mol.